The number of benzene rings is 1. The van der Waals surface area contributed by atoms with Gasteiger partial charge in [0.1, 0.15) is 5.76 Å². The molecule has 1 aromatic carbocycles. The summed E-state index contributed by atoms with van der Waals surface area (Å²) >= 11 is 0. The van der Waals surface area contributed by atoms with Crippen molar-refractivity contribution in [3.8, 4) is 0 Å². The van der Waals surface area contributed by atoms with Crippen molar-refractivity contribution in [1.29, 1.82) is 0 Å². The van der Waals surface area contributed by atoms with Crippen LogP contribution in [0.1, 0.15) is 38.0 Å². The van der Waals surface area contributed by atoms with Crippen LogP contribution in [0.5, 0.6) is 0 Å². The summed E-state index contributed by atoms with van der Waals surface area (Å²) in [6, 6.07) is 14.4. The molecule has 5 nitrogen and oxygen atoms in total. The minimum Gasteiger partial charge on any atom is -0.469 e. The summed E-state index contributed by atoms with van der Waals surface area (Å²) in [5.41, 5.74) is 1.32. The van der Waals surface area contributed by atoms with E-state index in [-0.39, 0.29) is 24.0 Å². The van der Waals surface area contributed by atoms with E-state index in [0.29, 0.717) is 6.10 Å². The van der Waals surface area contributed by atoms with Gasteiger partial charge in [-0.25, -0.2) is 0 Å². The molecule has 1 aromatic heterocycles. The van der Waals surface area contributed by atoms with Crippen LogP contribution in [0.2, 0.25) is 0 Å². The fourth-order valence-electron chi connectivity index (χ4n) is 2.63. The summed E-state index contributed by atoms with van der Waals surface area (Å²) in [5, 5.41) is 6.84. The molecule has 0 spiro atoms. The molecule has 2 rings (SSSR count). The first-order valence-corrected chi connectivity index (χ1v) is 9.94. The number of hydrogen-bond acceptors (Lipinski definition) is 3. The fraction of sp³-hybridized carbons (Fsp3) is 0.500. The molecule has 2 N–H and O–H groups in total. The normalized spacial score (nSPS) is 11.3. The number of aliphatic imine (C=N–C) groups is 1. The van der Waals surface area contributed by atoms with Gasteiger partial charge in [-0.2, -0.15) is 0 Å². The van der Waals surface area contributed by atoms with Crippen LogP contribution in [0.15, 0.2) is 58.1 Å². The first kappa shape index (κ1) is 24.5. The molecule has 0 saturated heterocycles. The Labute approximate surface area is 186 Å². The second kappa shape index (κ2) is 15.4. The molecule has 0 fully saturated rings. The van der Waals surface area contributed by atoms with E-state index in [9.17, 15) is 0 Å². The van der Waals surface area contributed by atoms with Crippen molar-refractivity contribution in [2.45, 2.75) is 45.6 Å². The number of furan rings is 1. The highest BCUT2D eigenvalue weighted by Gasteiger charge is 2.01. The van der Waals surface area contributed by atoms with Gasteiger partial charge in [0.25, 0.3) is 0 Å². The predicted molar refractivity (Wildman–Crippen MR) is 127 cm³/mol. The van der Waals surface area contributed by atoms with Gasteiger partial charge in [-0.15, -0.1) is 24.0 Å². The average Bonchev–Trinajstić information content (AvgIpc) is 3.18. The Bertz CT molecular complexity index is 630. The van der Waals surface area contributed by atoms with Crippen molar-refractivity contribution >= 4 is 29.9 Å². The molecule has 6 heteroatoms. The van der Waals surface area contributed by atoms with Crippen LogP contribution < -0.4 is 10.6 Å². The second-order valence-corrected chi connectivity index (χ2v) is 6.78. The molecule has 2 aromatic rings. The molecule has 0 aliphatic rings. The van der Waals surface area contributed by atoms with Gasteiger partial charge < -0.3 is 19.8 Å². The average molecular weight is 499 g/mol. The van der Waals surface area contributed by atoms with E-state index in [2.05, 4.69) is 48.7 Å². The second-order valence-electron chi connectivity index (χ2n) is 6.78. The van der Waals surface area contributed by atoms with Gasteiger partial charge in [0.2, 0.25) is 0 Å². The quantitative estimate of drug-likeness (QED) is 0.197. The Morgan fingerprint density at radius 3 is 2.43 bits per heavy atom. The highest BCUT2D eigenvalue weighted by atomic mass is 127. The number of guanidine groups is 1. The topological polar surface area (TPSA) is 58.8 Å². The number of nitrogens with zero attached hydrogens (tertiary/aromatic N) is 1. The molecule has 1 heterocycles. The van der Waals surface area contributed by atoms with Crippen LogP contribution in [0.25, 0.3) is 0 Å². The van der Waals surface area contributed by atoms with E-state index < -0.39 is 0 Å². The van der Waals surface area contributed by atoms with Crippen molar-refractivity contribution in [2.24, 2.45) is 4.99 Å². The Morgan fingerprint density at radius 1 is 1.00 bits per heavy atom. The van der Waals surface area contributed by atoms with Crippen LogP contribution >= 0.6 is 24.0 Å². The summed E-state index contributed by atoms with van der Waals surface area (Å²) in [6.07, 6.45) is 5.88. The smallest absolute Gasteiger partial charge is 0.191 e. The molecule has 0 aliphatic carbocycles. The molecule has 156 valence electrons. The van der Waals surface area contributed by atoms with Gasteiger partial charge in [-0.1, -0.05) is 30.3 Å². The summed E-state index contributed by atoms with van der Waals surface area (Å²) in [5.74, 6) is 1.85. The van der Waals surface area contributed by atoms with E-state index in [0.717, 1.165) is 63.6 Å². The molecule has 0 atom stereocenters. The Kier molecular flexibility index (Phi) is 13.5. The van der Waals surface area contributed by atoms with Crippen molar-refractivity contribution in [3.63, 3.8) is 0 Å². The summed E-state index contributed by atoms with van der Waals surface area (Å²) in [7, 11) is 0. The molecule has 0 bridgehead atoms. The number of unbranched alkanes of at least 4 members (excludes halogenated alkanes) is 1. The highest BCUT2D eigenvalue weighted by Crippen LogP contribution is 2.00. The van der Waals surface area contributed by atoms with Gasteiger partial charge in [-0.3, -0.25) is 4.99 Å². The van der Waals surface area contributed by atoms with Crippen LogP contribution in [-0.2, 0) is 17.6 Å². The van der Waals surface area contributed by atoms with Gasteiger partial charge in [-0.05, 0) is 50.8 Å². The van der Waals surface area contributed by atoms with Gasteiger partial charge in [0, 0.05) is 32.7 Å². The Balaban J connectivity index is 0.00000392. The monoisotopic (exact) mass is 499 g/mol. The molecule has 0 unspecified atom stereocenters. The van der Waals surface area contributed by atoms with Crippen LogP contribution in [0.3, 0.4) is 0 Å². The van der Waals surface area contributed by atoms with Crippen molar-refractivity contribution < 1.29 is 9.15 Å². The van der Waals surface area contributed by atoms with Crippen molar-refractivity contribution in [3.05, 3.63) is 60.1 Å². The lowest BCUT2D eigenvalue weighted by Crippen LogP contribution is -2.39. The minimum atomic E-state index is 0. The third-order valence-electron chi connectivity index (χ3n) is 4.07. The zero-order chi connectivity index (χ0) is 19.2. The maximum absolute atomic E-state index is 5.58. The van der Waals surface area contributed by atoms with Gasteiger partial charge in [0.15, 0.2) is 5.96 Å². The standard InChI is InChI=1S/C22H33N3O2.HI/c1-19(2)26-17-7-6-14-23-22(25-16-13-21-11-8-18-27-21)24-15-12-20-9-4-3-5-10-20;/h3-5,8-11,18-19H,6-7,12-17H2,1-2H3,(H2,23,24,25);1H. The van der Waals surface area contributed by atoms with Crippen LogP contribution in [0, 0.1) is 0 Å². The van der Waals surface area contributed by atoms with Crippen LogP contribution in [0.4, 0.5) is 0 Å². The SMILES string of the molecule is CC(C)OCCCCN=C(NCCc1ccccc1)NCCc1ccco1.I. The molecular formula is C22H34IN3O2. The Hall–Kier alpha value is -1.54. The first-order valence-electron chi connectivity index (χ1n) is 9.94. The number of rotatable bonds is 12. The lowest BCUT2D eigenvalue weighted by Gasteiger charge is -2.12. The zero-order valence-electron chi connectivity index (χ0n) is 17.0. The Morgan fingerprint density at radius 2 is 1.75 bits per heavy atom. The van der Waals surface area contributed by atoms with Crippen LogP contribution in [-0.4, -0.2) is 38.3 Å². The lowest BCUT2D eigenvalue weighted by molar-refractivity contribution is 0.0763. The van der Waals surface area contributed by atoms with E-state index in [1.807, 2.05) is 18.2 Å². The number of halogens is 1. The number of ether oxygens (including phenoxy) is 1. The van der Waals surface area contributed by atoms with Gasteiger partial charge in [0.05, 0.1) is 12.4 Å². The molecule has 28 heavy (non-hydrogen) atoms. The zero-order valence-corrected chi connectivity index (χ0v) is 19.4. The molecular weight excluding hydrogens is 465 g/mol. The number of nitrogens with one attached hydrogen (secondary N) is 2. The first-order chi connectivity index (χ1) is 13.2. The van der Waals surface area contributed by atoms with E-state index in [1.54, 1.807) is 6.26 Å². The maximum atomic E-state index is 5.58. The van der Waals surface area contributed by atoms with Crippen molar-refractivity contribution in [1.82, 2.24) is 10.6 Å². The molecule has 0 aliphatic heterocycles. The van der Waals surface area contributed by atoms with E-state index >= 15 is 0 Å². The summed E-state index contributed by atoms with van der Waals surface area (Å²) in [6.45, 7) is 7.37. The summed E-state index contributed by atoms with van der Waals surface area (Å²) in [4.78, 5) is 4.70. The van der Waals surface area contributed by atoms with E-state index in [1.165, 1.54) is 5.56 Å². The predicted octanol–water partition coefficient (Wildman–Crippen LogP) is 4.42. The lowest BCUT2D eigenvalue weighted by atomic mass is 10.1. The van der Waals surface area contributed by atoms with Gasteiger partial charge >= 0.3 is 0 Å². The molecule has 0 amide bonds. The van der Waals surface area contributed by atoms with Crippen molar-refractivity contribution in [2.75, 3.05) is 26.2 Å². The fourth-order valence-corrected chi connectivity index (χ4v) is 2.63. The molecule has 0 radical (unpaired) electrons. The number of hydrogen-bond donors (Lipinski definition) is 2. The third kappa shape index (κ3) is 11.3. The third-order valence-corrected chi connectivity index (χ3v) is 4.07. The largest absolute Gasteiger partial charge is 0.469 e. The summed E-state index contributed by atoms with van der Waals surface area (Å²) < 4.78 is 11.0. The minimum absolute atomic E-state index is 0. The highest BCUT2D eigenvalue weighted by molar-refractivity contribution is 14.0. The molecule has 0 saturated carbocycles. The van der Waals surface area contributed by atoms with E-state index in [4.69, 9.17) is 14.1 Å². The maximum Gasteiger partial charge on any atom is 0.191 e.